The van der Waals surface area contributed by atoms with E-state index in [4.69, 9.17) is 10.5 Å². The number of hydrogen-bond donors (Lipinski definition) is 2. The zero-order chi connectivity index (χ0) is 17.6. The molecule has 126 valence electrons. The zero-order valence-electron chi connectivity index (χ0n) is 14.1. The minimum Gasteiger partial charge on any atom is -0.481 e. The molecule has 3 aromatic rings. The van der Waals surface area contributed by atoms with Gasteiger partial charge in [0.1, 0.15) is 0 Å². The molecule has 1 aromatic heterocycles. The van der Waals surface area contributed by atoms with E-state index < -0.39 is 0 Å². The molecule has 0 radical (unpaired) electrons. The summed E-state index contributed by atoms with van der Waals surface area (Å²) in [6.07, 6.45) is 0. The van der Waals surface area contributed by atoms with E-state index >= 15 is 0 Å². The van der Waals surface area contributed by atoms with Crippen LogP contribution in [0.4, 0.5) is 11.5 Å². The van der Waals surface area contributed by atoms with Gasteiger partial charge in [0, 0.05) is 17.3 Å². The summed E-state index contributed by atoms with van der Waals surface area (Å²) in [5.74, 6) is 1.60. The Morgan fingerprint density at radius 3 is 2.44 bits per heavy atom. The molecule has 0 aliphatic carbocycles. The van der Waals surface area contributed by atoms with Gasteiger partial charge in [-0.05, 0) is 24.6 Å². The number of anilines is 2. The maximum absolute atomic E-state index is 5.71. The molecule has 2 aromatic carbocycles. The van der Waals surface area contributed by atoms with Crippen molar-refractivity contribution in [2.75, 3.05) is 18.3 Å². The van der Waals surface area contributed by atoms with Crippen LogP contribution in [0.2, 0.25) is 0 Å². The van der Waals surface area contributed by atoms with Crippen molar-refractivity contribution in [3.63, 3.8) is 0 Å². The van der Waals surface area contributed by atoms with E-state index in [1.54, 1.807) is 13.2 Å². The number of aromatic nitrogens is 2. The maximum atomic E-state index is 5.71. The van der Waals surface area contributed by atoms with Crippen LogP contribution in [0, 0.1) is 0 Å². The van der Waals surface area contributed by atoms with Crippen LogP contribution in [0.5, 0.6) is 5.88 Å². The van der Waals surface area contributed by atoms with E-state index in [0.29, 0.717) is 17.5 Å². The van der Waals surface area contributed by atoms with Gasteiger partial charge < -0.3 is 10.5 Å². The summed E-state index contributed by atoms with van der Waals surface area (Å²) in [6.45, 7) is 1.91. The van der Waals surface area contributed by atoms with Crippen molar-refractivity contribution < 1.29 is 4.74 Å². The monoisotopic (exact) mass is 333 g/mol. The Morgan fingerprint density at radius 1 is 1.04 bits per heavy atom. The summed E-state index contributed by atoms with van der Waals surface area (Å²) in [4.78, 5) is 8.88. The molecule has 0 saturated heterocycles. The van der Waals surface area contributed by atoms with Crippen LogP contribution in [0.1, 0.15) is 12.5 Å². The van der Waals surface area contributed by atoms with E-state index in [0.717, 1.165) is 22.5 Å². The van der Waals surface area contributed by atoms with Crippen molar-refractivity contribution in [3.05, 3.63) is 66.2 Å². The third-order valence-corrected chi connectivity index (χ3v) is 3.61. The largest absolute Gasteiger partial charge is 0.481 e. The average Bonchev–Trinajstić information content (AvgIpc) is 2.67. The van der Waals surface area contributed by atoms with Gasteiger partial charge >= 0.3 is 0 Å². The minimum atomic E-state index is 0.469. The van der Waals surface area contributed by atoms with E-state index in [1.165, 1.54) is 0 Å². The van der Waals surface area contributed by atoms with E-state index in [-0.39, 0.29) is 0 Å². The second-order valence-electron chi connectivity index (χ2n) is 5.42. The topological polar surface area (TPSA) is 85.4 Å². The summed E-state index contributed by atoms with van der Waals surface area (Å²) in [7, 11) is 1.57. The molecule has 0 aliphatic rings. The van der Waals surface area contributed by atoms with E-state index in [1.807, 2.05) is 61.5 Å². The van der Waals surface area contributed by atoms with Crippen molar-refractivity contribution in [1.82, 2.24) is 9.97 Å². The van der Waals surface area contributed by atoms with Gasteiger partial charge in [0.25, 0.3) is 0 Å². The van der Waals surface area contributed by atoms with Crippen LogP contribution < -0.4 is 15.9 Å². The Balaban J connectivity index is 1.87. The Labute approximate surface area is 146 Å². The molecule has 0 unspecified atom stereocenters. The van der Waals surface area contributed by atoms with Gasteiger partial charge in [0.2, 0.25) is 5.88 Å². The highest BCUT2D eigenvalue weighted by molar-refractivity contribution is 5.99. The molecular formula is C19H19N5O. The fraction of sp³-hybridized carbons (Fsp3) is 0.105. The smallest absolute Gasteiger partial charge is 0.218 e. The third kappa shape index (κ3) is 4.11. The lowest BCUT2D eigenvalue weighted by atomic mass is 10.1. The normalized spacial score (nSPS) is 11.2. The lowest BCUT2D eigenvalue weighted by molar-refractivity contribution is 0.398. The van der Waals surface area contributed by atoms with Crippen molar-refractivity contribution in [2.45, 2.75) is 6.92 Å². The quantitative estimate of drug-likeness (QED) is 0.423. The van der Waals surface area contributed by atoms with Gasteiger partial charge in [-0.15, -0.1) is 0 Å². The molecule has 0 aliphatic heterocycles. The fourth-order valence-electron chi connectivity index (χ4n) is 2.23. The minimum absolute atomic E-state index is 0.469. The lowest BCUT2D eigenvalue weighted by Gasteiger charge is -2.08. The number of nitrogens with two attached hydrogens (primary N) is 1. The van der Waals surface area contributed by atoms with Crippen LogP contribution in [-0.2, 0) is 0 Å². The van der Waals surface area contributed by atoms with Crippen LogP contribution in [0.15, 0.2) is 65.8 Å². The third-order valence-electron chi connectivity index (χ3n) is 3.61. The number of nitrogens with one attached hydrogen (secondary N) is 1. The standard InChI is InChI=1S/C19H19N5O/c1-13(14-8-10-16(20)11-9-14)23-24-17-12-18(25-2)22-19(21-17)15-6-4-3-5-7-15/h3-12H,20H2,1-2H3,(H,21,22,24)/b23-13-. The van der Waals surface area contributed by atoms with Crippen LogP contribution in [0.25, 0.3) is 11.4 Å². The number of ether oxygens (including phenoxy) is 1. The maximum Gasteiger partial charge on any atom is 0.218 e. The highest BCUT2D eigenvalue weighted by Crippen LogP contribution is 2.21. The first-order valence-corrected chi connectivity index (χ1v) is 7.80. The van der Waals surface area contributed by atoms with Crippen molar-refractivity contribution in [2.24, 2.45) is 5.10 Å². The molecule has 3 N–H and O–H groups in total. The number of nitrogens with zero attached hydrogens (tertiary/aromatic N) is 3. The first-order chi connectivity index (χ1) is 12.2. The van der Waals surface area contributed by atoms with Crippen molar-refractivity contribution >= 4 is 17.2 Å². The number of hydrogen-bond acceptors (Lipinski definition) is 6. The molecule has 0 fully saturated rings. The Hall–Kier alpha value is -3.41. The number of rotatable bonds is 5. The highest BCUT2D eigenvalue weighted by Gasteiger charge is 2.07. The zero-order valence-corrected chi connectivity index (χ0v) is 14.1. The van der Waals surface area contributed by atoms with E-state index in [9.17, 15) is 0 Å². The number of hydrazone groups is 1. The number of methoxy groups -OCH3 is 1. The second-order valence-corrected chi connectivity index (χ2v) is 5.42. The summed E-state index contributed by atoms with van der Waals surface area (Å²) in [5.41, 5.74) is 12.1. The SMILES string of the molecule is COc1cc(N/N=C(/C)c2ccc(N)cc2)nc(-c2ccccc2)n1. The predicted molar refractivity (Wildman–Crippen MR) is 101 cm³/mol. The Bertz CT molecular complexity index is 876. The van der Waals surface area contributed by atoms with Gasteiger partial charge in [-0.25, -0.2) is 4.98 Å². The summed E-state index contributed by atoms with van der Waals surface area (Å²) in [6, 6.07) is 18.9. The van der Waals surface area contributed by atoms with Gasteiger partial charge in [0.05, 0.1) is 12.8 Å². The molecule has 6 heteroatoms. The molecule has 25 heavy (non-hydrogen) atoms. The van der Waals surface area contributed by atoms with Crippen LogP contribution in [-0.4, -0.2) is 22.8 Å². The first kappa shape index (κ1) is 16.4. The summed E-state index contributed by atoms with van der Waals surface area (Å²) in [5, 5.41) is 4.38. The van der Waals surface area contributed by atoms with Gasteiger partial charge in [0.15, 0.2) is 11.6 Å². The van der Waals surface area contributed by atoms with Gasteiger partial charge in [-0.1, -0.05) is 42.5 Å². The van der Waals surface area contributed by atoms with E-state index in [2.05, 4.69) is 20.5 Å². The molecule has 1 heterocycles. The lowest BCUT2D eigenvalue weighted by Crippen LogP contribution is -2.03. The average molecular weight is 333 g/mol. The first-order valence-electron chi connectivity index (χ1n) is 7.80. The Morgan fingerprint density at radius 2 is 1.76 bits per heavy atom. The number of benzene rings is 2. The molecule has 3 rings (SSSR count). The molecule has 0 spiro atoms. The molecule has 0 saturated carbocycles. The second kappa shape index (κ2) is 7.44. The van der Waals surface area contributed by atoms with Crippen LogP contribution >= 0.6 is 0 Å². The van der Waals surface area contributed by atoms with Crippen LogP contribution in [0.3, 0.4) is 0 Å². The highest BCUT2D eigenvalue weighted by atomic mass is 16.5. The van der Waals surface area contributed by atoms with Crippen molar-refractivity contribution in [3.8, 4) is 17.3 Å². The predicted octanol–water partition coefficient (Wildman–Crippen LogP) is 3.57. The Kier molecular flexibility index (Phi) is 4.89. The summed E-state index contributed by atoms with van der Waals surface area (Å²) >= 11 is 0. The molecule has 0 bridgehead atoms. The number of nitrogen functional groups attached to an aromatic ring is 1. The molecule has 6 nitrogen and oxygen atoms in total. The molecular weight excluding hydrogens is 314 g/mol. The molecule has 0 amide bonds. The fourth-order valence-corrected chi connectivity index (χ4v) is 2.23. The molecule has 0 atom stereocenters. The van der Waals surface area contributed by atoms with Gasteiger partial charge in [-0.2, -0.15) is 10.1 Å². The summed E-state index contributed by atoms with van der Waals surface area (Å²) < 4.78 is 5.27. The van der Waals surface area contributed by atoms with Gasteiger partial charge in [-0.3, -0.25) is 5.43 Å². The van der Waals surface area contributed by atoms with Crippen molar-refractivity contribution in [1.29, 1.82) is 0 Å².